The van der Waals surface area contributed by atoms with Gasteiger partial charge in [0, 0.05) is 6.54 Å². The second-order valence-electron chi connectivity index (χ2n) is 6.25. The summed E-state index contributed by atoms with van der Waals surface area (Å²) in [4.78, 5) is 0. The topological polar surface area (TPSA) is 42.5 Å². The largest absolute Gasteiger partial charge is 0.490 e. The van der Waals surface area contributed by atoms with Crippen LogP contribution in [0.5, 0.6) is 11.5 Å². The standard InChI is InChI=1S/C21H29BrN2O2.2ClH/c1-4-25-20-13-18(14-24-11-5-10-23-3)12-19(22)21(20)26-15-17-8-6-16(2)7-9-17;;/h6-9,12-13,23-24H,4-5,10-11,14-15H2,1-3H3;2*1H. The van der Waals surface area contributed by atoms with Crippen molar-refractivity contribution in [3.8, 4) is 11.5 Å². The lowest BCUT2D eigenvalue weighted by Crippen LogP contribution is -2.19. The van der Waals surface area contributed by atoms with Gasteiger partial charge < -0.3 is 20.1 Å². The average molecular weight is 494 g/mol. The zero-order chi connectivity index (χ0) is 18.8. The van der Waals surface area contributed by atoms with Crippen molar-refractivity contribution in [1.82, 2.24) is 10.6 Å². The summed E-state index contributed by atoms with van der Waals surface area (Å²) in [7, 11) is 1.97. The first-order chi connectivity index (χ1) is 12.6. The fourth-order valence-corrected chi connectivity index (χ4v) is 3.19. The molecule has 0 saturated heterocycles. The number of ether oxygens (including phenoxy) is 2. The fourth-order valence-electron chi connectivity index (χ4n) is 2.59. The Morgan fingerprint density at radius 3 is 2.32 bits per heavy atom. The van der Waals surface area contributed by atoms with Gasteiger partial charge in [-0.3, -0.25) is 0 Å². The number of rotatable bonds is 11. The van der Waals surface area contributed by atoms with Gasteiger partial charge in [0.25, 0.3) is 0 Å². The van der Waals surface area contributed by atoms with Gasteiger partial charge in [-0.1, -0.05) is 29.8 Å². The van der Waals surface area contributed by atoms with E-state index in [1.54, 1.807) is 0 Å². The molecule has 0 bridgehead atoms. The van der Waals surface area contributed by atoms with E-state index >= 15 is 0 Å². The number of hydrogen-bond acceptors (Lipinski definition) is 4. The predicted octanol–water partition coefficient (Wildman–Crippen LogP) is 5.28. The van der Waals surface area contributed by atoms with E-state index in [0.29, 0.717) is 13.2 Å². The van der Waals surface area contributed by atoms with Crippen LogP contribution in [-0.2, 0) is 13.2 Å². The van der Waals surface area contributed by atoms with E-state index in [-0.39, 0.29) is 24.8 Å². The summed E-state index contributed by atoms with van der Waals surface area (Å²) in [5.74, 6) is 1.53. The minimum Gasteiger partial charge on any atom is -0.490 e. The van der Waals surface area contributed by atoms with E-state index in [1.165, 1.54) is 11.1 Å². The van der Waals surface area contributed by atoms with Gasteiger partial charge in [0.05, 0.1) is 11.1 Å². The van der Waals surface area contributed by atoms with Crippen LogP contribution in [0.1, 0.15) is 30.0 Å². The summed E-state index contributed by atoms with van der Waals surface area (Å²) in [5, 5.41) is 6.61. The van der Waals surface area contributed by atoms with Crippen molar-refractivity contribution in [3.05, 3.63) is 57.6 Å². The molecule has 158 valence electrons. The molecule has 2 aromatic carbocycles. The third kappa shape index (κ3) is 9.01. The summed E-state index contributed by atoms with van der Waals surface area (Å²) >= 11 is 3.64. The van der Waals surface area contributed by atoms with Crippen LogP contribution in [0.15, 0.2) is 40.9 Å². The summed E-state index contributed by atoms with van der Waals surface area (Å²) in [6.07, 6.45) is 1.10. The molecular weight excluding hydrogens is 463 g/mol. The maximum Gasteiger partial charge on any atom is 0.175 e. The highest BCUT2D eigenvalue weighted by Crippen LogP contribution is 2.37. The molecule has 0 aliphatic rings. The summed E-state index contributed by atoms with van der Waals surface area (Å²) < 4.78 is 12.8. The van der Waals surface area contributed by atoms with E-state index in [0.717, 1.165) is 47.6 Å². The zero-order valence-corrected chi connectivity index (χ0v) is 19.9. The Bertz CT molecular complexity index is 685. The highest BCUT2D eigenvalue weighted by atomic mass is 79.9. The third-order valence-corrected chi connectivity index (χ3v) is 4.57. The number of nitrogens with one attached hydrogen (secondary N) is 2. The van der Waals surface area contributed by atoms with E-state index < -0.39 is 0 Å². The predicted molar refractivity (Wildman–Crippen MR) is 126 cm³/mol. The van der Waals surface area contributed by atoms with Crippen molar-refractivity contribution in [2.75, 3.05) is 26.7 Å². The summed E-state index contributed by atoms with van der Waals surface area (Å²) in [6, 6.07) is 12.5. The van der Waals surface area contributed by atoms with Gasteiger partial charge in [-0.15, -0.1) is 24.8 Å². The molecule has 0 aliphatic heterocycles. The van der Waals surface area contributed by atoms with Crippen LogP contribution in [0.2, 0.25) is 0 Å². The molecule has 0 amide bonds. The molecule has 0 aromatic heterocycles. The number of benzene rings is 2. The quantitative estimate of drug-likeness (QED) is 0.418. The van der Waals surface area contributed by atoms with Crippen molar-refractivity contribution in [2.24, 2.45) is 0 Å². The molecule has 0 heterocycles. The summed E-state index contributed by atoms with van der Waals surface area (Å²) in [5.41, 5.74) is 3.56. The Kier molecular flexibility index (Phi) is 14.4. The van der Waals surface area contributed by atoms with Crippen LogP contribution in [0.4, 0.5) is 0 Å². The van der Waals surface area contributed by atoms with Crippen molar-refractivity contribution in [3.63, 3.8) is 0 Å². The molecule has 2 aromatic rings. The first kappa shape index (κ1) is 27.0. The molecule has 0 fully saturated rings. The highest BCUT2D eigenvalue weighted by molar-refractivity contribution is 9.10. The van der Waals surface area contributed by atoms with Gasteiger partial charge in [0.1, 0.15) is 6.61 Å². The molecule has 4 nitrogen and oxygen atoms in total. The van der Waals surface area contributed by atoms with Gasteiger partial charge in [0.15, 0.2) is 11.5 Å². The minimum atomic E-state index is 0. The average Bonchev–Trinajstić information content (AvgIpc) is 2.62. The van der Waals surface area contributed by atoms with Crippen molar-refractivity contribution in [1.29, 1.82) is 0 Å². The lowest BCUT2D eigenvalue weighted by atomic mass is 10.1. The van der Waals surface area contributed by atoms with E-state index in [4.69, 9.17) is 9.47 Å². The van der Waals surface area contributed by atoms with Crippen LogP contribution in [-0.4, -0.2) is 26.7 Å². The monoisotopic (exact) mass is 492 g/mol. The SMILES string of the molecule is CCOc1cc(CNCCCNC)cc(Br)c1OCc1ccc(C)cc1.Cl.Cl. The maximum atomic E-state index is 6.06. The normalized spacial score (nSPS) is 10.0. The Morgan fingerprint density at radius 2 is 1.68 bits per heavy atom. The molecule has 0 radical (unpaired) electrons. The molecule has 2 N–H and O–H groups in total. The van der Waals surface area contributed by atoms with Crippen molar-refractivity contribution >= 4 is 40.7 Å². The van der Waals surface area contributed by atoms with Gasteiger partial charge in [0.2, 0.25) is 0 Å². The van der Waals surface area contributed by atoms with E-state index in [1.807, 2.05) is 14.0 Å². The molecule has 0 atom stereocenters. The molecule has 2 rings (SSSR count). The Hall–Kier alpha value is -0.980. The number of halogens is 3. The molecule has 0 unspecified atom stereocenters. The molecule has 0 aliphatic carbocycles. The van der Waals surface area contributed by atoms with Crippen LogP contribution >= 0.6 is 40.7 Å². The van der Waals surface area contributed by atoms with E-state index in [2.05, 4.69) is 69.9 Å². The Morgan fingerprint density at radius 1 is 0.964 bits per heavy atom. The summed E-state index contributed by atoms with van der Waals surface area (Å²) in [6.45, 7) is 7.99. The Labute approximate surface area is 189 Å². The van der Waals surface area contributed by atoms with Crippen molar-refractivity contribution in [2.45, 2.75) is 33.4 Å². The fraction of sp³-hybridized carbons (Fsp3) is 0.429. The maximum absolute atomic E-state index is 6.06. The number of aryl methyl sites for hydroxylation is 1. The van der Waals surface area contributed by atoms with E-state index in [9.17, 15) is 0 Å². The minimum absolute atomic E-state index is 0. The van der Waals surface area contributed by atoms with Gasteiger partial charge in [-0.05, 0) is 79.6 Å². The van der Waals surface area contributed by atoms with Gasteiger partial charge in [-0.2, -0.15) is 0 Å². The van der Waals surface area contributed by atoms with Crippen LogP contribution in [0, 0.1) is 6.92 Å². The first-order valence-electron chi connectivity index (χ1n) is 9.13. The van der Waals surface area contributed by atoms with Crippen LogP contribution < -0.4 is 20.1 Å². The lowest BCUT2D eigenvalue weighted by Gasteiger charge is -2.16. The smallest absolute Gasteiger partial charge is 0.175 e. The van der Waals surface area contributed by atoms with Crippen LogP contribution in [0.25, 0.3) is 0 Å². The van der Waals surface area contributed by atoms with Gasteiger partial charge >= 0.3 is 0 Å². The second-order valence-corrected chi connectivity index (χ2v) is 7.10. The molecular formula is C21H31BrCl2N2O2. The molecule has 7 heteroatoms. The van der Waals surface area contributed by atoms with Crippen molar-refractivity contribution < 1.29 is 9.47 Å². The zero-order valence-electron chi connectivity index (χ0n) is 16.7. The first-order valence-corrected chi connectivity index (χ1v) is 9.92. The molecule has 28 heavy (non-hydrogen) atoms. The van der Waals surface area contributed by atoms with Gasteiger partial charge in [-0.25, -0.2) is 0 Å². The number of hydrogen-bond donors (Lipinski definition) is 2. The third-order valence-electron chi connectivity index (χ3n) is 3.98. The molecule has 0 saturated carbocycles. The second kappa shape index (κ2) is 14.9. The lowest BCUT2D eigenvalue weighted by molar-refractivity contribution is 0.267. The molecule has 0 spiro atoms. The Balaban J connectivity index is 0.00000364. The highest BCUT2D eigenvalue weighted by Gasteiger charge is 2.12. The van der Waals surface area contributed by atoms with Crippen LogP contribution in [0.3, 0.4) is 0 Å².